The molecule has 3 rings (SSSR count). The first-order valence-electron chi connectivity index (χ1n) is 7.99. The lowest BCUT2D eigenvalue weighted by Gasteiger charge is -2.22. The zero-order valence-electron chi connectivity index (χ0n) is 12.4. The molecule has 0 aliphatic heterocycles. The van der Waals surface area contributed by atoms with Crippen molar-refractivity contribution in [1.82, 2.24) is 0 Å². The van der Waals surface area contributed by atoms with Gasteiger partial charge in [0.25, 0.3) is 0 Å². The standard InChI is InChI=1S/C20H24/c1-16(17-8-4-2-5-9-17)18-12-14-20(15-13-18)19-10-6-3-7-11-19/h2,4-5,8-9,12-16,19H,3,6-7,10-11H2,1H3. The van der Waals surface area contributed by atoms with Gasteiger partial charge in [-0.1, -0.05) is 80.8 Å². The fraction of sp³-hybridized carbons (Fsp3) is 0.400. The van der Waals surface area contributed by atoms with Gasteiger partial charge in [0.1, 0.15) is 0 Å². The predicted molar refractivity (Wildman–Crippen MR) is 86.2 cm³/mol. The van der Waals surface area contributed by atoms with Crippen LogP contribution in [0.3, 0.4) is 0 Å². The molecule has 0 spiro atoms. The third kappa shape index (κ3) is 2.95. The molecule has 0 aromatic heterocycles. The maximum Gasteiger partial charge on any atom is 0.00610 e. The zero-order chi connectivity index (χ0) is 13.8. The Bertz CT molecular complexity index is 518. The van der Waals surface area contributed by atoms with Gasteiger partial charge in [0, 0.05) is 5.92 Å². The van der Waals surface area contributed by atoms with Crippen LogP contribution in [0.15, 0.2) is 54.6 Å². The Kier molecular flexibility index (Phi) is 4.20. The average molecular weight is 264 g/mol. The molecular weight excluding hydrogens is 240 g/mol. The third-order valence-electron chi connectivity index (χ3n) is 4.81. The predicted octanol–water partition coefficient (Wildman–Crippen LogP) is 5.89. The van der Waals surface area contributed by atoms with Crippen molar-refractivity contribution in [3.05, 3.63) is 71.3 Å². The van der Waals surface area contributed by atoms with Crippen molar-refractivity contribution in [3.8, 4) is 0 Å². The summed E-state index contributed by atoms with van der Waals surface area (Å²) in [5.74, 6) is 1.29. The summed E-state index contributed by atoms with van der Waals surface area (Å²) in [4.78, 5) is 0. The SMILES string of the molecule is CC(c1ccccc1)c1ccc(C2CCCCC2)cc1. The monoisotopic (exact) mass is 264 g/mol. The molecule has 1 saturated carbocycles. The molecule has 0 bridgehead atoms. The Morgan fingerprint density at radius 1 is 0.750 bits per heavy atom. The second kappa shape index (κ2) is 6.26. The molecule has 1 aliphatic carbocycles. The van der Waals surface area contributed by atoms with E-state index in [4.69, 9.17) is 0 Å². The maximum absolute atomic E-state index is 2.37. The highest BCUT2D eigenvalue weighted by Crippen LogP contribution is 2.33. The fourth-order valence-corrected chi connectivity index (χ4v) is 3.43. The third-order valence-corrected chi connectivity index (χ3v) is 4.81. The largest absolute Gasteiger partial charge is 0.0622 e. The lowest BCUT2D eigenvalue weighted by atomic mass is 9.83. The van der Waals surface area contributed by atoms with Crippen LogP contribution in [0.1, 0.15) is 67.6 Å². The number of rotatable bonds is 3. The minimum Gasteiger partial charge on any atom is -0.0622 e. The summed E-state index contributed by atoms with van der Waals surface area (Å²) in [6.07, 6.45) is 7.01. The molecule has 1 fully saturated rings. The van der Waals surface area contributed by atoms with E-state index in [1.807, 2.05) is 0 Å². The van der Waals surface area contributed by atoms with Gasteiger partial charge in [0.05, 0.1) is 0 Å². The van der Waals surface area contributed by atoms with Gasteiger partial charge in [-0.25, -0.2) is 0 Å². The Labute approximate surface area is 122 Å². The summed E-state index contributed by atoms with van der Waals surface area (Å²) in [7, 11) is 0. The van der Waals surface area contributed by atoms with Gasteiger partial charge in [0.15, 0.2) is 0 Å². The van der Waals surface area contributed by atoms with Crippen molar-refractivity contribution in [2.45, 2.75) is 50.9 Å². The smallest absolute Gasteiger partial charge is 0.00610 e. The van der Waals surface area contributed by atoms with Gasteiger partial charge in [-0.3, -0.25) is 0 Å². The van der Waals surface area contributed by atoms with E-state index >= 15 is 0 Å². The Hall–Kier alpha value is -1.56. The minimum absolute atomic E-state index is 0.483. The van der Waals surface area contributed by atoms with Crippen LogP contribution in [0.4, 0.5) is 0 Å². The van der Waals surface area contributed by atoms with Crippen molar-refractivity contribution < 1.29 is 0 Å². The van der Waals surface area contributed by atoms with E-state index in [9.17, 15) is 0 Å². The van der Waals surface area contributed by atoms with Crippen LogP contribution in [0.5, 0.6) is 0 Å². The van der Waals surface area contributed by atoms with Crippen molar-refractivity contribution in [3.63, 3.8) is 0 Å². The first-order chi connectivity index (χ1) is 9.84. The van der Waals surface area contributed by atoms with Crippen molar-refractivity contribution in [2.75, 3.05) is 0 Å². The lowest BCUT2D eigenvalue weighted by molar-refractivity contribution is 0.443. The normalized spacial score (nSPS) is 17.9. The average Bonchev–Trinajstić information content (AvgIpc) is 2.56. The van der Waals surface area contributed by atoms with Crippen LogP contribution in [0.2, 0.25) is 0 Å². The molecule has 1 aliphatic rings. The summed E-state index contributed by atoms with van der Waals surface area (Å²) in [6, 6.07) is 20.2. The fourth-order valence-electron chi connectivity index (χ4n) is 3.43. The molecule has 20 heavy (non-hydrogen) atoms. The molecule has 0 N–H and O–H groups in total. The second-order valence-electron chi connectivity index (χ2n) is 6.13. The molecular formula is C20H24. The van der Waals surface area contributed by atoms with Crippen LogP contribution in [0.25, 0.3) is 0 Å². The van der Waals surface area contributed by atoms with E-state index in [1.165, 1.54) is 43.2 Å². The van der Waals surface area contributed by atoms with E-state index in [0.29, 0.717) is 5.92 Å². The number of hydrogen-bond acceptors (Lipinski definition) is 0. The summed E-state index contributed by atoms with van der Waals surface area (Å²) < 4.78 is 0. The summed E-state index contributed by atoms with van der Waals surface area (Å²) in [6.45, 7) is 2.30. The molecule has 1 atom stereocenters. The van der Waals surface area contributed by atoms with Crippen LogP contribution in [-0.4, -0.2) is 0 Å². The quantitative estimate of drug-likeness (QED) is 0.648. The van der Waals surface area contributed by atoms with Crippen molar-refractivity contribution in [1.29, 1.82) is 0 Å². The molecule has 2 aromatic carbocycles. The van der Waals surface area contributed by atoms with Gasteiger partial charge in [-0.15, -0.1) is 0 Å². The number of hydrogen-bond donors (Lipinski definition) is 0. The molecule has 0 heterocycles. The minimum atomic E-state index is 0.483. The van der Waals surface area contributed by atoms with Gasteiger partial charge in [0.2, 0.25) is 0 Å². The molecule has 0 nitrogen and oxygen atoms in total. The van der Waals surface area contributed by atoms with Crippen molar-refractivity contribution >= 4 is 0 Å². The molecule has 0 saturated heterocycles. The Morgan fingerprint density at radius 3 is 2.00 bits per heavy atom. The van der Waals surface area contributed by atoms with E-state index < -0.39 is 0 Å². The molecule has 0 radical (unpaired) electrons. The zero-order valence-corrected chi connectivity index (χ0v) is 12.4. The lowest BCUT2D eigenvalue weighted by Crippen LogP contribution is -2.04. The summed E-state index contributed by atoms with van der Waals surface area (Å²) in [5.41, 5.74) is 4.38. The Balaban J connectivity index is 1.75. The molecule has 0 amide bonds. The first-order valence-corrected chi connectivity index (χ1v) is 7.99. The van der Waals surface area contributed by atoms with Gasteiger partial charge < -0.3 is 0 Å². The van der Waals surface area contributed by atoms with Gasteiger partial charge in [-0.2, -0.15) is 0 Å². The van der Waals surface area contributed by atoms with Crippen LogP contribution in [-0.2, 0) is 0 Å². The molecule has 104 valence electrons. The highest BCUT2D eigenvalue weighted by atomic mass is 14.2. The topological polar surface area (TPSA) is 0 Å². The molecule has 0 heteroatoms. The van der Waals surface area contributed by atoms with E-state index in [0.717, 1.165) is 5.92 Å². The van der Waals surface area contributed by atoms with E-state index in [1.54, 1.807) is 5.56 Å². The summed E-state index contributed by atoms with van der Waals surface area (Å²) >= 11 is 0. The number of benzene rings is 2. The van der Waals surface area contributed by atoms with Crippen LogP contribution in [0, 0.1) is 0 Å². The maximum atomic E-state index is 2.37. The second-order valence-corrected chi connectivity index (χ2v) is 6.13. The van der Waals surface area contributed by atoms with E-state index in [2.05, 4.69) is 61.5 Å². The first kappa shape index (κ1) is 13.4. The Morgan fingerprint density at radius 2 is 1.35 bits per heavy atom. The summed E-state index contributed by atoms with van der Waals surface area (Å²) in [5, 5.41) is 0. The van der Waals surface area contributed by atoms with E-state index in [-0.39, 0.29) is 0 Å². The van der Waals surface area contributed by atoms with Crippen LogP contribution >= 0.6 is 0 Å². The van der Waals surface area contributed by atoms with Gasteiger partial charge >= 0.3 is 0 Å². The van der Waals surface area contributed by atoms with Crippen LogP contribution < -0.4 is 0 Å². The van der Waals surface area contributed by atoms with Crippen molar-refractivity contribution in [2.24, 2.45) is 0 Å². The molecule has 2 aromatic rings. The highest BCUT2D eigenvalue weighted by Gasteiger charge is 2.16. The molecule has 1 unspecified atom stereocenters. The highest BCUT2D eigenvalue weighted by molar-refractivity contribution is 5.34. The van der Waals surface area contributed by atoms with Gasteiger partial charge in [-0.05, 0) is 35.4 Å².